The SMILES string of the molecule is O=C(CCc1ccc(S(=O)(=O)N2CCCCC2)cc1)NN1C(=O)NC2(CCCCC2)C1=O. The Balaban J connectivity index is 1.31. The van der Waals surface area contributed by atoms with Crippen LogP contribution in [0.1, 0.15) is 63.4 Å². The van der Waals surface area contributed by atoms with Crippen molar-refractivity contribution in [3.63, 3.8) is 0 Å². The van der Waals surface area contributed by atoms with Crippen molar-refractivity contribution >= 4 is 27.9 Å². The lowest BCUT2D eigenvalue weighted by Gasteiger charge is -2.30. The number of sulfonamides is 1. The lowest BCUT2D eigenvalue weighted by molar-refractivity contribution is -0.139. The predicted octanol–water partition coefficient (Wildman–Crippen LogP) is 2.08. The first-order valence-electron chi connectivity index (χ1n) is 11.4. The zero-order valence-electron chi connectivity index (χ0n) is 18.1. The fourth-order valence-corrected chi connectivity index (χ4v) is 6.25. The minimum absolute atomic E-state index is 0.0717. The first-order valence-corrected chi connectivity index (χ1v) is 12.8. The second kappa shape index (κ2) is 9.19. The highest BCUT2D eigenvalue weighted by Gasteiger charge is 2.52. The summed E-state index contributed by atoms with van der Waals surface area (Å²) in [5.74, 6) is -0.825. The number of carbonyl (C=O) groups is 3. The number of nitrogens with one attached hydrogen (secondary N) is 2. The number of hydrogen-bond acceptors (Lipinski definition) is 5. The topological polar surface area (TPSA) is 116 Å². The molecule has 1 spiro atoms. The van der Waals surface area contributed by atoms with Gasteiger partial charge < -0.3 is 5.32 Å². The number of imide groups is 1. The van der Waals surface area contributed by atoms with Crippen molar-refractivity contribution in [1.29, 1.82) is 0 Å². The number of amides is 4. The maximum absolute atomic E-state index is 12.7. The molecule has 0 aromatic heterocycles. The van der Waals surface area contributed by atoms with Crippen LogP contribution in [-0.4, -0.2) is 54.2 Å². The van der Waals surface area contributed by atoms with Crippen LogP contribution in [0.3, 0.4) is 0 Å². The number of urea groups is 1. The van der Waals surface area contributed by atoms with Crippen LogP contribution in [0.15, 0.2) is 29.2 Å². The average Bonchev–Trinajstić information content (AvgIpc) is 3.02. The maximum atomic E-state index is 12.7. The van der Waals surface area contributed by atoms with Gasteiger partial charge in [0.15, 0.2) is 0 Å². The quantitative estimate of drug-likeness (QED) is 0.628. The standard InChI is InChI=1S/C22H30N4O5S/c27-19(24-26-20(28)22(23-21(26)29)13-3-1-4-14-22)12-9-17-7-10-18(11-8-17)32(30,31)25-15-5-2-6-16-25/h7-8,10-11H,1-6,9,12-16H2,(H,23,29)(H,24,27). The Morgan fingerprint density at radius 2 is 1.59 bits per heavy atom. The molecule has 9 nitrogen and oxygen atoms in total. The van der Waals surface area contributed by atoms with E-state index < -0.39 is 27.5 Å². The van der Waals surface area contributed by atoms with Gasteiger partial charge in [-0.1, -0.05) is 37.8 Å². The molecule has 1 aromatic carbocycles. The molecule has 1 aliphatic carbocycles. The Hall–Kier alpha value is -2.46. The van der Waals surface area contributed by atoms with Crippen LogP contribution in [0, 0.1) is 0 Å². The molecular formula is C22H30N4O5S. The Morgan fingerprint density at radius 3 is 2.25 bits per heavy atom. The normalized spacial score (nSPS) is 21.6. The summed E-state index contributed by atoms with van der Waals surface area (Å²) in [7, 11) is -3.49. The molecule has 4 amide bonds. The van der Waals surface area contributed by atoms with E-state index in [1.54, 1.807) is 24.3 Å². The van der Waals surface area contributed by atoms with Gasteiger partial charge in [0, 0.05) is 19.5 Å². The molecule has 10 heteroatoms. The lowest BCUT2D eigenvalue weighted by atomic mass is 9.82. The summed E-state index contributed by atoms with van der Waals surface area (Å²) in [5, 5.41) is 3.56. The third-order valence-electron chi connectivity index (χ3n) is 6.62. The minimum atomic E-state index is -3.49. The molecule has 4 rings (SSSR count). The summed E-state index contributed by atoms with van der Waals surface area (Å²) in [5.41, 5.74) is 2.36. The highest BCUT2D eigenvalue weighted by molar-refractivity contribution is 7.89. The van der Waals surface area contributed by atoms with Gasteiger partial charge in [-0.05, 0) is 49.8 Å². The fourth-order valence-electron chi connectivity index (χ4n) is 4.74. The van der Waals surface area contributed by atoms with Crippen molar-refractivity contribution in [3.05, 3.63) is 29.8 Å². The maximum Gasteiger partial charge on any atom is 0.344 e. The van der Waals surface area contributed by atoms with Crippen molar-refractivity contribution in [2.75, 3.05) is 13.1 Å². The van der Waals surface area contributed by atoms with Gasteiger partial charge in [-0.3, -0.25) is 15.0 Å². The van der Waals surface area contributed by atoms with E-state index in [0.717, 1.165) is 49.1 Å². The van der Waals surface area contributed by atoms with Crippen LogP contribution in [-0.2, 0) is 26.0 Å². The second-order valence-corrected chi connectivity index (χ2v) is 10.8. The third-order valence-corrected chi connectivity index (χ3v) is 8.54. The lowest BCUT2D eigenvalue weighted by Crippen LogP contribution is -2.51. The molecule has 2 saturated heterocycles. The Morgan fingerprint density at radius 1 is 0.969 bits per heavy atom. The molecule has 174 valence electrons. The van der Waals surface area contributed by atoms with Crippen molar-refractivity contribution in [2.24, 2.45) is 0 Å². The number of aryl methyl sites for hydroxylation is 1. The van der Waals surface area contributed by atoms with Gasteiger partial charge in [-0.25, -0.2) is 13.2 Å². The number of piperidine rings is 1. The molecule has 0 radical (unpaired) electrons. The predicted molar refractivity (Wildman–Crippen MR) is 117 cm³/mol. The Kier molecular flexibility index (Phi) is 6.52. The van der Waals surface area contributed by atoms with E-state index in [1.807, 2.05) is 0 Å². The highest BCUT2D eigenvalue weighted by atomic mass is 32.2. The monoisotopic (exact) mass is 462 g/mol. The molecule has 32 heavy (non-hydrogen) atoms. The third kappa shape index (κ3) is 4.52. The van der Waals surface area contributed by atoms with Crippen molar-refractivity contribution in [2.45, 2.75) is 74.6 Å². The van der Waals surface area contributed by atoms with E-state index in [1.165, 1.54) is 4.31 Å². The molecular weight excluding hydrogens is 432 g/mol. The van der Waals surface area contributed by atoms with Gasteiger partial charge in [-0.15, -0.1) is 0 Å². The van der Waals surface area contributed by atoms with Gasteiger partial charge in [0.25, 0.3) is 5.91 Å². The van der Waals surface area contributed by atoms with Crippen molar-refractivity contribution in [1.82, 2.24) is 20.1 Å². The van der Waals surface area contributed by atoms with E-state index in [9.17, 15) is 22.8 Å². The first kappa shape index (κ1) is 22.7. The first-order chi connectivity index (χ1) is 15.3. The zero-order chi connectivity index (χ0) is 22.8. The number of benzene rings is 1. The van der Waals surface area contributed by atoms with Crippen LogP contribution in [0.4, 0.5) is 4.79 Å². The summed E-state index contributed by atoms with van der Waals surface area (Å²) >= 11 is 0. The molecule has 2 aliphatic heterocycles. The second-order valence-electron chi connectivity index (χ2n) is 8.86. The van der Waals surface area contributed by atoms with Gasteiger partial charge in [0.2, 0.25) is 15.9 Å². The van der Waals surface area contributed by atoms with E-state index in [4.69, 9.17) is 0 Å². The number of rotatable bonds is 6. The molecule has 3 fully saturated rings. The number of hydrogen-bond donors (Lipinski definition) is 2. The molecule has 0 bridgehead atoms. The van der Waals surface area contributed by atoms with Gasteiger partial charge >= 0.3 is 6.03 Å². The molecule has 3 aliphatic rings. The molecule has 0 atom stereocenters. The van der Waals surface area contributed by atoms with E-state index in [0.29, 0.717) is 32.4 Å². The summed E-state index contributed by atoms with van der Waals surface area (Å²) in [6, 6.07) is 5.96. The molecule has 2 N–H and O–H groups in total. The van der Waals surface area contributed by atoms with Crippen LogP contribution in [0.25, 0.3) is 0 Å². The van der Waals surface area contributed by atoms with E-state index in [-0.39, 0.29) is 17.2 Å². The van der Waals surface area contributed by atoms with E-state index in [2.05, 4.69) is 10.7 Å². The average molecular weight is 463 g/mol. The smallest absolute Gasteiger partial charge is 0.322 e. The number of carbonyl (C=O) groups excluding carboxylic acids is 3. The molecule has 2 heterocycles. The van der Waals surface area contributed by atoms with Crippen molar-refractivity contribution in [3.8, 4) is 0 Å². The van der Waals surface area contributed by atoms with Crippen molar-refractivity contribution < 1.29 is 22.8 Å². The fraction of sp³-hybridized carbons (Fsp3) is 0.591. The Bertz CT molecular complexity index is 980. The summed E-state index contributed by atoms with van der Waals surface area (Å²) < 4.78 is 27.0. The van der Waals surface area contributed by atoms with Gasteiger partial charge in [0.05, 0.1) is 4.90 Å². The summed E-state index contributed by atoms with van der Waals surface area (Å²) in [6.45, 7) is 1.10. The van der Waals surface area contributed by atoms with Gasteiger partial charge in [-0.2, -0.15) is 9.31 Å². The minimum Gasteiger partial charge on any atom is -0.322 e. The van der Waals surface area contributed by atoms with Gasteiger partial charge in [0.1, 0.15) is 5.54 Å². The largest absolute Gasteiger partial charge is 0.344 e. The summed E-state index contributed by atoms with van der Waals surface area (Å²) in [6.07, 6.45) is 7.22. The zero-order valence-corrected chi connectivity index (χ0v) is 19.0. The van der Waals surface area contributed by atoms with Crippen LogP contribution >= 0.6 is 0 Å². The van der Waals surface area contributed by atoms with Crippen LogP contribution in [0.5, 0.6) is 0 Å². The van der Waals surface area contributed by atoms with Crippen LogP contribution < -0.4 is 10.7 Å². The highest BCUT2D eigenvalue weighted by Crippen LogP contribution is 2.33. The molecule has 1 aromatic rings. The molecule has 0 unspecified atom stereocenters. The molecule has 1 saturated carbocycles. The number of nitrogens with zero attached hydrogens (tertiary/aromatic N) is 2. The summed E-state index contributed by atoms with van der Waals surface area (Å²) in [4.78, 5) is 37.6. The van der Waals surface area contributed by atoms with E-state index >= 15 is 0 Å². The number of hydrazine groups is 1. The Labute approximate surface area is 188 Å². The van der Waals surface area contributed by atoms with Crippen LogP contribution in [0.2, 0.25) is 0 Å².